The van der Waals surface area contributed by atoms with Crippen LogP contribution in [0.1, 0.15) is 48.2 Å². The molecule has 2 aromatic rings. The summed E-state index contributed by atoms with van der Waals surface area (Å²) in [5.41, 5.74) is 2.92. The summed E-state index contributed by atoms with van der Waals surface area (Å²) in [4.78, 5) is 31.4. The van der Waals surface area contributed by atoms with Crippen molar-refractivity contribution in [2.45, 2.75) is 46.1 Å². The molecule has 3 rings (SSSR count). The molecule has 8 nitrogen and oxygen atoms in total. The van der Waals surface area contributed by atoms with Crippen LogP contribution in [-0.2, 0) is 29.2 Å². The van der Waals surface area contributed by atoms with Crippen LogP contribution in [0.4, 0.5) is 4.79 Å². The Kier molecular flexibility index (Phi) is 5.09. The van der Waals surface area contributed by atoms with E-state index in [4.69, 9.17) is 9.47 Å². The van der Waals surface area contributed by atoms with E-state index < -0.39 is 17.7 Å². The van der Waals surface area contributed by atoms with Crippen molar-refractivity contribution in [3.8, 4) is 11.3 Å². The lowest BCUT2D eigenvalue weighted by Crippen LogP contribution is -2.32. The lowest BCUT2D eigenvalue weighted by Gasteiger charge is -2.19. The van der Waals surface area contributed by atoms with Crippen molar-refractivity contribution in [1.29, 1.82) is 0 Å². The molecule has 0 spiro atoms. The van der Waals surface area contributed by atoms with Crippen molar-refractivity contribution in [3.63, 3.8) is 0 Å². The van der Waals surface area contributed by atoms with Gasteiger partial charge in [-0.25, -0.2) is 19.6 Å². The van der Waals surface area contributed by atoms with Crippen LogP contribution in [0.5, 0.6) is 0 Å². The van der Waals surface area contributed by atoms with Gasteiger partial charge in [-0.05, 0) is 32.4 Å². The first kappa shape index (κ1) is 18.8. The van der Waals surface area contributed by atoms with E-state index in [1.807, 2.05) is 24.3 Å². The Bertz CT molecular complexity index is 889. The molecule has 1 aromatic heterocycles. The summed E-state index contributed by atoms with van der Waals surface area (Å²) in [5, 5.41) is 12.0. The van der Waals surface area contributed by atoms with Gasteiger partial charge in [0.2, 0.25) is 5.82 Å². The first-order chi connectivity index (χ1) is 12.7. The van der Waals surface area contributed by atoms with Gasteiger partial charge in [0.25, 0.3) is 0 Å². The number of carboxylic acids is 1. The van der Waals surface area contributed by atoms with E-state index in [9.17, 15) is 14.7 Å². The quantitative estimate of drug-likeness (QED) is 0.850. The van der Waals surface area contributed by atoms with Gasteiger partial charge in [0, 0.05) is 17.7 Å². The van der Waals surface area contributed by atoms with Crippen molar-refractivity contribution >= 4 is 12.1 Å². The maximum absolute atomic E-state index is 11.8. The topological polar surface area (TPSA) is 111 Å². The van der Waals surface area contributed by atoms with Crippen LogP contribution in [0.15, 0.2) is 24.3 Å². The molecular weight excluding hydrogens is 350 g/mol. The monoisotopic (exact) mass is 371 g/mol. The SMILES string of the molecule is CC(C)(C)OC(=O)NCc1cccc(-c2nc(C(=O)O)nc3c2COC3)c1. The van der Waals surface area contributed by atoms with Gasteiger partial charge in [0.05, 0.1) is 24.6 Å². The van der Waals surface area contributed by atoms with Crippen LogP contribution in [0, 0.1) is 0 Å². The molecule has 1 aromatic carbocycles. The molecule has 0 saturated heterocycles. The summed E-state index contributed by atoms with van der Waals surface area (Å²) in [7, 11) is 0. The highest BCUT2D eigenvalue weighted by atomic mass is 16.6. The Labute approximate surface area is 156 Å². The van der Waals surface area contributed by atoms with Crippen LogP contribution in [0.2, 0.25) is 0 Å². The molecule has 2 N–H and O–H groups in total. The van der Waals surface area contributed by atoms with Gasteiger partial charge in [-0.2, -0.15) is 0 Å². The summed E-state index contributed by atoms with van der Waals surface area (Å²) in [6, 6.07) is 7.37. The maximum atomic E-state index is 11.8. The molecule has 27 heavy (non-hydrogen) atoms. The molecule has 2 heterocycles. The molecule has 8 heteroatoms. The zero-order valence-corrected chi connectivity index (χ0v) is 15.4. The zero-order valence-electron chi connectivity index (χ0n) is 15.4. The van der Waals surface area contributed by atoms with E-state index in [0.29, 0.717) is 18.0 Å². The highest BCUT2D eigenvalue weighted by Crippen LogP contribution is 2.29. The molecule has 1 amide bonds. The van der Waals surface area contributed by atoms with Gasteiger partial charge in [0.15, 0.2) is 0 Å². The summed E-state index contributed by atoms with van der Waals surface area (Å²) in [5.74, 6) is -1.44. The van der Waals surface area contributed by atoms with Crippen LogP contribution in [-0.4, -0.2) is 32.7 Å². The minimum absolute atomic E-state index is 0.258. The fraction of sp³-hybridized carbons (Fsp3) is 0.368. The third-order valence-electron chi connectivity index (χ3n) is 3.81. The van der Waals surface area contributed by atoms with E-state index >= 15 is 0 Å². The number of nitrogens with one attached hydrogen (secondary N) is 1. The predicted octanol–water partition coefficient (Wildman–Crippen LogP) is 2.90. The van der Waals surface area contributed by atoms with Crippen LogP contribution in [0.3, 0.4) is 0 Å². The number of nitrogens with zero attached hydrogens (tertiary/aromatic N) is 2. The Morgan fingerprint density at radius 3 is 2.74 bits per heavy atom. The Morgan fingerprint density at radius 2 is 2.04 bits per heavy atom. The van der Waals surface area contributed by atoms with Crippen molar-refractivity contribution in [2.75, 3.05) is 0 Å². The average Bonchev–Trinajstić information content (AvgIpc) is 3.06. The van der Waals surface area contributed by atoms with Gasteiger partial charge in [-0.15, -0.1) is 0 Å². The maximum Gasteiger partial charge on any atom is 0.407 e. The van der Waals surface area contributed by atoms with E-state index in [1.165, 1.54) is 0 Å². The molecule has 1 aliphatic heterocycles. The lowest BCUT2D eigenvalue weighted by atomic mass is 10.0. The number of carbonyl (C=O) groups excluding carboxylic acids is 1. The number of alkyl carbamates (subject to hydrolysis) is 1. The van der Waals surface area contributed by atoms with E-state index in [-0.39, 0.29) is 19.0 Å². The van der Waals surface area contributed by atoms with Crippen molar-refractivity contribution in [3.05, 3.63) is 46.9 Å². The van der Waals surface area contributed by atoms with Crippen LogP contribution < -0.4 is 5.32 Å². The van der Waals surface area contributed by atoms with E-state index in [0.717, 1.165) is 16.7 Å². The van der Waals surface area contributed by atoms with Crippen molar-refractivity contribution < 1.29 is 24.2 Å². The largest absolute Gasteiger partial charge is 0.475 e. The summed E-state index contributed by atoms with van der Waals surface area (Å²) in [6.45, 7) is 6.27. The standard InChI is InChI=1S/C19H21N3O5/c1-19(2,3)27-18(25)20-8-11-5-4-6-12(7-11)15-13-9-26-10-14(13)21-16(22-15)17(23)24/h4-7H,8-10H2,1-3H3,(H,20,25)(H,23,24). The third-order valence-corrected chi connectivity index (χ3v) is 3.81. The van der Waals surface area contributed by atoms with Gasteiger partial charge in [-0.1, -0.05) is 18.2 Å². The predicted molar refractivity (Wildman–Crippen MR) is 96.0 cm³/mol. The molecule has 1 aliphatic rings. The third kappa shape index (κ3) is 4.59. The Hall–Kier alpha value is -3.00. The van der Waals surface area contributed by atoms with Gasteiger partial charge in [0.1, 0.15) is 5.60 Å². The summed E-state index contributed by atoms with van der Waals surface area (Å²) in [6.07, 6.45) is -0.502. The first-order valence-electron chi connectivity index (χ1n) is 8.50. The molecular formula is C19H21N3O5. The second-order valence-electron chi connectivity index (χ2n) is 7.17. The van der Waals surface area contributed by atoms with Crippen LogP contribution >= 0.6 is 0 Å². The summed E-state index contributed by atoms with van der Waals surface area (Å²) < 4.78 is 10.6. The molecule has 0 saturated carbocycles. The van der Waals surface area contributed by atoms with E-state index in [2.05, 4.69) is 15.3 Å². The number of rotatable bonds is 4. The molecule has 0 bridgehead atoms. The van der Waals surface area contributed by atoms with Crippen molar-refractivity contribution in [2.24, 2.45) is 0 Å². The summed E-state index contributed by atoms with van der Waals surface area (Å²) >= 11 is 0. The molecule has 142 valence electrons. The second-order valence-corrected chi connectivity index (χ2v) is 7.17. The number of hydrogen-bond acceptors (Lipinski definition) is 6. The number of hydrogen-bond donors (Lipinski definition) is 2. The van der Waals surface area contributed by atoms with Gasteiger partial charge in [-0.3, -0.25) is 0 Å². The molecule has 0 radical (unpaired) electrons. The highest BCUT2D eigenvalue weighted by molar-refractivity contribution is 5.84. The fourth-order valence-corrected chi connectivity index (χ4v) is 2.70. The average molecular weight is 371 g/mol. The number of carbonyl (C=O) groups is 2. The molecule has 0 atom stereocenters. The molecule has 0 aliphatic carbocycles. The number of ether oxygens (including phenoxy) is 2. The van der Waals surface area contributed by atoms with Crippen molar-refractivity contribution in [1.82, 2.24) is 15.3 Å². The van der Waals surface area contributed by atoms with Gasteiger partial charge >= 0.3 is 12.1 Å². The van der Waals surface area contributed by atoms with Crippen LogP contribution in [0.25, 0.3) is 11.3 Å². The first-order valence-corrected chi connectivity index (χ1v) is 8.50. The number of aromatic carboxylic acids is 1. The normalized spacial score (nSPS) is 13.1. The number of carboxylic acid groups (broad SMARTS) is 1. The highest BCUT2D eigenvalue weighted by Gasteiger charge is 2.23. The Morgan fingerprint density at radius 1 is 1.26 bits per heavy atom. The number of aromatic nitrogens is 2. The van der Waals surface area contributed by atoms with E-state index in [1.54, 1.807) is 20.8 Å². The molecule has 0 fully saturated rings. The fourth-order valence-electron chi connectivity index (χ4n) is 2.70. The number of benzene rings is 1. The minimum Gasteiger partial charge on any atom is -0.475 e. The Balaban J connectivity index is 1.84. The number of amides is 1. The minimum atomic E-state index is -1.19. The lowest BCUT2D eigenvalue weighted by molar-refractivity contribution is 0.0523. The smallest absolute Gasteiger partial charge is 0.407 e. The number of fused-ring (bicyclic) bond motifs is 1. The van der Waals surface area contributed by atoms with Gasteiger partial charge < -0.3 is 19.9 Å². The zero-order chi connectivity index (χ0) is 19.6. The second kappa shape index (κ2) is 7.32. The molecule has 0 unspecified atom stereocenters.